The average molecular weight is 373 g/mol. The van der Waals surface area contributed by atoms with Gasteiger partial charge in [0.25, 0.3) is 0 Å². The Morgan fingerprint density at radius 2 is 1.79 bits per heavy atom. The van der Waals surface area contributed by atoms with E-state index in [1.165, 1.54) is 5.56 Å². The Morgan fingerprint density at radius 3 is 2.57 bits per heavy atom. The van der Waals surface area contributed by atoms with Gasteiger partial charge in [0, 0.05) is 35.0 Å². The van der Waals surface area contributed by atoms with Crippen LogP contribution in [-0.4, -0.2) is 29.0 Å². The van der Waals surface area contributed by atoms with Gasteiger partial charge in [-0.25, -0.2) is 0 Å². The van der Waals surface area contributed by atoms with Crippen LogP contribution >= 0.6 is 0 Å². The van der Waals surface area contributed by atoms with Gasteiger partial charge in [0.1, 0.15) is 11.5 Å². The van der Waals surface area contributed by atoms with Crippen molar-refractivity contribution in [1.82, 2.24) is 10.3 Å². The summed E-state index contributed by atoms with van der Waals surface area (Å²) < 4.78 is 6.44. The summed E-state index contributed by atoms with van der Waals surface area (Å²) in [7, 11) is 0. The first kappa shape index (κ1) is 17.2. The van der Waals surface area contributed by atoms with Gasteiger partial charge in [0.2, 0.25) is 0 Å². The number of pyridine rings is 1. The summed E-state index contributed by atoms with van der Waals surface area (Å²) in [6, 6.07) is 12.6. The molecule has 0 spiro atoms. The van der Waals surface area contributed by atoms with Crippen molar-refractivity contribution >= 4 is 5.71 Å². The predicted molar refractivity (Wildman–Crippen MR) is 109 cm³/mol. The Kier molecular flexibility index (Phi) is 4.45. The standard InChI is InChI=1S/C23H23N3O2/c27-26-21-4-2-17-13-18(1-3-19(17)21)20-14-22(15-5-9-24-10-6-15)28-23(20)16-7-11-25-12-8-16/h1,3,7-8,11-15,24,27H,2,4-6,9-10H2/b26-21+. The first-order valence-electron chi connectivity index (χ1n) is 9.93. The molecule has 2 aliphatic rings. The summed E-state index contributed by atoms with van der Waals surface area (Å²) in [6.07, 6.45) is 7.51. The van der Waals surface area contributed by atoms with Gasteiger partial charge in [0.05, 0.1) is 5.71 Å². The molecule has 0 saturated carbocycles. The molecule has 0 atom stereocenters. The van der Waals surface area contributed by atoms with Crippen LogP contribution in [0.2, 0.25) is 0 Å². The van der Waals surface area contributed by atoms with E-state index in [1.54, 1.807) is 12.4 Å². The highest BCUT2D eigenvalue weighted by molar-refractivity contribution is 6.04. The minimum absolute atomic E-state index is 0.457. The third-order valence-electron chi connectivity index (χ3n) is 5.91. The van der Waals surface area contributed by atoms with Crippen molar-refractivity contribution in [1.29, 1.82) is 0 Å². The number of furan rings is 1. The molecule has 2 aromatic heterocycles. The van der Waals surface area contributed by atoms with Crippen LogP contribution in [0.4, 0.5) is 0 Å². The van der Waals surface area contributed by atoms with Crippen molar-refractivity contribution in [3.8, 4) is 22.5 Å². The van der Waals surface area contributed by atoms with Crippen LogP contribution in [0, 0.1) is 0 Å². The lowest BCUT2D eigenvalue weighted by Crippen LogP contribution is -2.26. The number of piperidine rings is 1. The second-order valence-corrected chi connectivity index (χ2v) is 7.57. The highest BCUT2D eigenvalue weighted by Gasteiger charge is 2.24. The lowest BCUT2D eigenvalue weighted by Gasteiger charge is -2.20. The smallest absolute Gasteiger partial charge is 0.142 e. The summed E-state index contributed by atoms with van der Waals surface area (Å²) in [6.45, 7) is 2.07. The Balaban J connectivity index is 1.61. The van der Waals surface area contributed by atoms with E-state index in [1.807, 2.05) is 12.1 Å². The summed E-state index contributed by atoms with van der Waals surface area (Å²) in [5.74, 6) is 2.43. The number of rotatable bonds is 3. The van der Waals surface area contributed by atoms with Crippen molar-refractivity contribution in [2.45, 2.75) is 31.6 Å². The van der Waals surface area contributed by atoms with E-state index in [4.69, 9.17) is 4.42 Å². The monoisotopic (exact) mass is 373 g/mol. The van der Waals surface area contributed by atoms with Crippen molar-refractivity contribution in [3.05, 3.63) is 65.7 Å². The number of nitrogens with zero attached hydrogens (tertiary/aromatic N) is 2. The van der Waals surface area contributed by atoms with Gasteiger partial charge in [-0.15, -0.1) is 0 Å². The number of aryl methyl sites for hydroxylation is 1. The van der Waals surface area contributed by atoms with Crippen molar-refractivity contribution in [2.24, 2.45) is 5.16 Å². The minimum Gasteiger partial charge on any atom is -0.460 e. The molecule has 1 saturated heterocycles. The second kappa shape index (κ2) is 7.24. The molecule has 2 N–H and O–H groups in total. The van der Waals surface area contributed by atoms with Crippen LogP contribution in [0.3, 0.4) is 0 Å². The van der Waals surface area contributed by atoms with Gasteiger partial charge in [-0.05, 0) is 68.1 Å². The molecule has 1 aromatic carbocycles. The fraction of sp³-hybridized carbons (Fsp3) is 0.304. The molecule has 5 nitrogen and oxygen atoms in total. The molecular weight excluding hydrogens is 350 g/mol. The molecule has 142 valence electrons. The zero-order valence-corrected chi connectivity index (χ0v) is 15.7. The van der Waals surface area contributed by atoms with E-state index in [2.05, 4.69) is 39.7 Å². The molecule has 0 radical (unpaired) electrons. The molecule has 5 heteroatoms. The molecule has 3 heterocycles. The normalized spacial score (nSPS) is 18.5. The fourth-order valence-corrected chi connectivity index (χ4v) is 4.39. The van der Waals surface area contributed by atoms with Gasteiger partial charge < -0.3 is 14.9 Å². The van der Waals surface area contributed by atoms with Crippen LogP contribution in [0.15, 0.2) is 58.4 Å². The van der Waals surface area contributed by atoms with Crippen LogP contribution in [0.5, 0.6) is 0 Å². The Labute approximate surface area is 164 Å². The van der Waals surface area contributed by atoms with Crippen molar-refractivity contribution in [2.75, 3.05) is 13.1 Å². The van der Waals surface area contributed by atoms with Crippen LogP contribution < -0.4 is 5.32 Å². The average Bonchev–Trinajstić information content (AvgIpc) is 3.39. The molecule has 3 aromatic rings. The maximum absolute atomic E-state index is 9.20. The number of nitrogens with one attached hydrogen (secondary N) is 1. The third kappa shape index (κ3) is 3.02. The second-order valence-electron chi connectivity index (χ2n) is 7.57. The maximum atomic E-state index is 9.20. The molecule has 5 rings (SSSR count). The minimum atomic E-state index is 0.457. The SMILES string of the molecule is O/N=C1\CCc2cc(-c3cc(C4CCNCC4)oc3-c3ccncc3)ccc21. The zero-order chi connectivity index (χ0) is 18.9. The van der Waals surface area contributed by atoms with Gasteiger partial charge in [-0.3, -0.25) is 4.98 Å². The van der Waals surface area contributed by atoms with Crippen LogP contribution in [-0.2, 0) is 6.42 Å². The Bertz CT molecular complexity index is 1020. The van der Waals surface area contributed by atoms with E-state index in [9.17, 15) is 5.21 Å². The molecule has 1 aliphatic carbocycles. The van der Waals surface area contributed by atoms with Gasteiger partial charge in [0.15, 0.2) is 0 Å². The van der Waals surface area contributed by atoms with E-state index in [0.717, 1.165) is 78.3 Å². The highest BCUT2D eigenvalue weighted by atomic mass is 16.4. The van der Waals surface area contributed by atoms with Crippen molar-refractivity contribution < 1.29 is 9.62 Å². The molecule has 1 fully saturated rings. The summed E-state index contributed by atoms with van der Waals surface area (Å²) in [4.78, 5) is 4.15. The number of aromatic nitrogens is 1. The fourth-order valence-electron chi connectivity index (χ4n) is 4.39. The number of hydrogen-bond donors (Lipinski definition) is 2. The highest BCUT2D eigenvalue weighted by Crippen LogP contribution is 2.40. The van der Waals surface area contributed by atoms with Gasteiger partial charge in [-0.2, -0.15) is 0 Å². The molecule has 0 amide bonds. The molecule has 28 heavy (non-hydrogen) atoms. The molecule has 0 bridgehead atoms. The van der Waals surface area contributed by atoms with E-state index in [-0.39, 0.29) is 0 Å². The quantitative estimate of drug-likeness (QED) is 0.520. The lowest BCUT2D eigenvalue weighted by molar-refractivity contribution is 0.318. The Hall–Kier alpha value is -2.92. The zero-order valence-electron chi connectivity index (χ0n) is 15.7. The first-order chi connectivity index (χ1) is 13.8. The number of fused-ring (bicyclic) bond motifs is 1. The molecule has 0 unspecified atom stereocenters. The van der Waals surface area contributed by atoms with E-state index in [0.29, 0.717) is 5.92 Å². The van der Waals surface area contributed by atoms with E-state index < -0.39 is 0 Å². The number of hydrogen-bond acceptors (Lipinski definition) is 5. The maximum Gasteiger partial charge on any atom is 0.142 e. The summed E-state index contributed by atoms with van der Waals surface area (Å²) in [5.41, 5.74) is 6.38. The first-order valence-corrected chi connectivity index (χ1v) is 9.93. The summed E-state index contributed by atoms with van der Waals surface area (Å²) in [5, 5.41) is 16.1. The van der Waals surface area contributed by atoms with Crippen molar-refractivity contribution in [3.63, 3.8) is 0 Å². The van der Waals surface area contributed by atoms with Gasteiger partial charge >= 0.3 is 0 Å². The summed E-state index contributed by atoms with van der Waals surface area (Å²) >= 11 is 0. The topological polar surface area (TPSA) is 70.7 Å². The number of oxime groups is 1. The molecule has 1 aliphatic heterocycles. The predicted octanol–water partition coefficient (Wildman–Crippen LogP) is 4.60. The van der Waals surface area contributed by atoms with E-state index >= 15 is 0 Å². The number of benzene rings is 1. The molecular formula is C23H23N3O2. The largest absolute Gasteiger partial charge is 0.460 e. The van der Waals surface area contributed by atoms with Gasteiger partial charge in [-0.1, -0.05) is 23.4 Å². The van der Waals surface area contributed by atoms with Crippen LogP contribution in [0.25, 0.3) is 22.5 Å². The lowest BCUT2D eigenvalue weighted by atomic mass is 9.93. The Morgan fingerprint density at radius 1 is 0.964 bits per heavy atom. The third-order valence-corrected chi connectivity index (χ3v) is 5.91. The van der Waals surface area contributed by atoms with Crippen LogP contribution in [0.1, 0.15) is 42.1 Å².